The number of amides is 1. The molecule has 3 N–H and O–H groups in total. The smallest absolute Gasteiger partial charge is 0.256 e. The van der Waals surface area contributed by atoms with Crippen molar-refractivity contribution in [3.05, 3.63) is 103 Å². The van der Waals surface area contributed by atoms with Crippen LogP contribution in [0.4, 0.5) is 22.3 Å². The number of rotatable bonds is 7. The topological polar surface area (TPSA) is 101 Å². The van der Waals surface area contributed by atoms with Crippen molar-refractivity contribution in [1.82, 2.24) is 24.1 Å². The number of pyridine rings is 1. The number of nitrogens with one attached hydrogen (secondary N) is 3. The quantitative estimate of drug-likeness (QED) is 0.221. The fourth-order valence-corrected chi connectivity index (χ4v) is 5.15. The average molecular weight is 525 g/mol. The van der Waals surface area contributed by atoms with Gasteiger partial charge in [0.1, 0.15) is 5.65 Å². The number of benzene rings is 2. The van der Waals surface area contributed by atoms with Gasteiger partial charge in [-0.25, -0.2) is 14.6 Å². The summed E-state index contributed by atoms with van der Waals surface area (Å²) in [6.07, 6.45) is 5.70. The molecule has 0 aliphatic rings. The van der Waals surface area contributed by atoms with Crippen LogP contribution >= 0.6 is 11.3 Å². The van der Waals surface area contributed by atoms with E-state index in [4.69, 9.17) is 0 Å². The van der Waals surface area contributed by atoms with Gasteiger partial charge in [-0.15, -0.1) is 5.10 Å². The molecule has 192 valence electrons. The van der Waals surface area contributed by atoms with Crippen LogP contribution < -0.4 is 16.0 Å². The molecule has 9 nitrogen and oxygen atoms in total. The van der Waals surface area contributed by atoms with Crippen molar-refractivity contribution in [3.8, 4) is 16.3 Å². The molecule has 6 rings (SSSR count). The van der Waals surface area contributed by atoms with Crippen molar-refractivity contribution in [3.63, 3.8) is 0 Å². The fourth-order valence-electron chi connectivity index (χ4n) is 4.22. The minimum Gasteiger partial charge on any atom is -0.384 e. The van der Waals surface area contributed by atoms with E-state index in [1.165, 1.54) is 0 Å². The van der Waals surface area contributed by atoms with E-state index < -0.39 is 0 Å². The van der Waals surface area contributed by atoms with E-state index in [0.29, 0.717) is 11.4 Å². The molecule has 0 aliphatic heterocycles. The van der Waals surface area contributed by atoms with E-state index in [2.05, 4.69) is 35.4 Å². The van der Waals surface area contributed by atoms with E-state index in [1.54, 1.807) is 35.2 Å². The first-order chi connectivity index (χ1) is 18.6. The molecule has 0 saturated carbocycles. The molecular weight excluding hydrogens is 496 g/mol. The highest BCUT2D eigenvalue weighted by Crippen LogP contribution is 2.33. The molecule has 0 saturated heterocycles. The predicted octanol–water partition coefficient (Wildman–Crippen LogP) is 6.48. The van der Waals surface area contributed by atoms with Gasteiger partial charge in [0.05, 0.1) is 33.8 Å². The Morgan fingerprint density at radius 3 is 2.58 bits per heavy atom. The lowest BCUT2D eigenvalue weighted by molar-refractivity contribution is 0.102. The molecule has 0 unspecified atom stereocenters. The Morgan fingerprint density at radius 2 is 1.79 bits per heavy atom. The van der Waals surface area contributed by atoms with Crippen molar-refractivity contribution >= 4 is 45.2 Å². The van der Waals surface area contributed by atoms with Gasteiger partial charge in [-0.2, -0.15) is 0 Å². The maximum Gasteiger partial charge on any atom is 0.256 e. The second kappa shape index (κ2) is 9.83. The second-order valence-corrected chi connectivity index (χ2v) is 9.61. The minimum atomic E-state index is -0.244. The third-order valence-corrected chi connectivity index (χ3v) is 7.00. The van der Waals surface area contributed by atoms with Crippen LogP contribution in [-0.4, -0.2) is 37.1 Å². The van der Waals surface area contributed by atoms with Crippen LogP contribution in [0, 0.1) is 6.92 Å². The van der Waals surface area contributed by atoms with Gasteiger partial charge in [-0.3, -0.25) is 9.20 Å². The first-order valence-corrected chi connectivity index (χ1v) is 12.8. The zero-order valence-electron chi connectivity index (χ0n) is 20.7. The summed E-state index contributed by atoms with van der Waals surface area (Å²) in [6, 6.07) is 23.0. The third-order valence-electron chi connectivity index (χ3n) is 6.08. The number of anilines is 4. The Labute approximate surface area is 225 Å². The number of hydrogen-bond donors (Lipinski definition) is 3. The Morgan fingerprint density at radius 1 is 1.00 bits per heavy atom. The lowest BCUT2D eigenvalue weighted by Gasteiger charge is -2.06. The number of nitrogens with zero attached hydrogens (tertiary/aromatic N) is 5. The number of para-hydroxylation sites is 1. The standard InChI is InChI=1S/C28H24N8OS.2H2/c1-18-25(35-15-7-6-10-24(35)31-18)23-16-30-28(38-23)32-20-13-11-19(12-14-20)27(37)33-26-22(29-2)17-36(34-26)21-8-4-3-5-9-21;;/h3-17,29H,1-2H3,(H,30,32)(H,33,34,37);2*1H. The molecule has 38 heavy (non-hydrogen) atoms. The number of imidazole rings is 1. The van der Waals surface area contributed by atoms with Crippen LogP contribution in [0.3, 0.4) is 0 Å². The van der Waals surface area contributed by atoms with Gasteiger partial charge >= 0.3 is 0 Å². The molecule has 0 bridgehead atoms. The van der Waals surface area contributed by atoms with Crippen LogP contribution in [0.5, 0.6) is 0 Å². The van der Waals surface area contributed by atoms with Gasteiger partial charge in [0.2, 0.25) is 0 Å². The van der Waals surface area contributed by atoms with E-state index in [9.17, 15) is 4.79 Å². The third kappa shape index (κ3) is 4.48. The summed E-state index contributed by atoms with van der Waals surface area (Å²) in [5.74, 6) is 0.215. The molecule has 10 heteroatoms. The molecule has 4 aromatic heterocycles. The number of hydrogen-bond acceptors (Lipinski definition) is 7. The summed E-state index contributed by atoms with van der Waals surface area (Å²) < 4.78 is 3.80. The Kier molecular flexibility index (Phi) is 6.06. The zero-order chi connectivity index (χ0) is 26.1. The summed E-state index contributed by atoms with van der Waals surface area (Å²) in [5.41, 5.74) is 5.88. The summed E-state index contributed by atoms with van der Waals surface area (Å²) in [4.78, 5) is 23.2. The van der Waals surface area contributed by atoms with E-state index in [1.807, 2.05) is 86.2 Å². The van der Waals surface area contributed by atoms with Crippen molar-refractivity contribution in [1.29, 1.82) is 0 Å². The molecule has 0 radical (unpaired) electrons. The van der Waals surface area contributed by atoms with Crippen LogP contribution in [0.2, 0.25) is 0 Å². The fraction of sp³-hybridized carbons (Fsp3) is 0.0714. The molecule has 6 aromatic rings. The first kappa shape index (κ1) is 23.4. The first-order valence-electron chi connectivity index (χ1n) is 12.0. The molecular formula is C28H28N8OS. The monoisotopic (exact) mass is 524 g/mol. The van der Waals surface area contributed by atoms with E-state index >= 15 is 0 Å². The second-order valence-electron chi connectivity index (χ2n) is 8.58. The summed E-state index contributed by atoms with van der Waals surface area (Å²) in [5, 5.41) is 14.6. The number of thiazole rings is 1. The Bertz CT molecular complexity index is 1750. The molecule has 0 fully saturated rings. The molecule has 0 aliphatic carbocycles. The molecule has 4 heterocycles. The van der Waals surface area contributed by atoms with Crippen LogP contribution in [0.25, 0.3) is 21.9 Å². The molecule has 0 spiro atoms. The maximum absolute atomic E-state index is 12.9. The molecule has 1 amide bonds. The normalized spacial score (nSPS) is 11.0. The van der Waals surface area contributed by atoms with Crippen LogP contribution in [0.15, 0.2) is 91.4 Å². The summed E-state index contributed by atoms with van der Waals surface area (Å²) in [6.45, 7) is 2.00. The molecule has 0 atom stereocenters. The van der Waals surface area contributed by atoms with Gasteiger partial charge in [0.15, 0.2) is 10.9 Å². The van der Waals surface area contributed by atoms with E-state index in [-0.39, 0.29) is 8.76 Å². The SMILES string of the molecule is CNc1cn(-c2ccccc2)nc1NC(=O)c1ccc(Nc2ncc(-c3c(C)nc4ccccn34)s2)cc1.[HH].[HH]. The van der Waals surface area contributed by atoms with Crippen molar-refractivity contribution in [2.24, 2.45) is 0 Å². The van der Waals surface area contributed by atoms with Crippen LogP contribution in [0.1, 0.15) is 18.9 Å². The zero-order valence-corrected chi connectivity index (χ0v) is 21.5. The number of carbonyl (C=O) groups is 1. The number of aromatic nitrogens is 5. The van der Waals surface area contributed by atoms with Gasteiger partial charge in [0, 0.05) is 33.5 Å². The largest absolute Gasteiger partial charge is 0.384 e. The van der Waals surface area contributed by atoms with Crippen molar-refractivity contribution in [2.75, 3.05) is 23.0 Å². The number of carbonyl (C=O) groups excluding carboxylic acids is 1. The highest BCUT2D eigenvalue weighted by molar-refractivity contribution is 7.18. The lowest BCUT2D eigenvalue weighted by atomic mass is 10.2. The summed E-state index contributed by atoms with van der Waals surface area (Å²) >= 11 is 1.55. The van der Waals surface area contributed by atoms with Crippen molar-refractivity contribution in [2.45, 2.75) is 6.92 Å². The van der Waals surface area contributed by atoms with Crippen LogP contribution in [-0.2, 0) is 0 Å². The number of fused-ring (bicyclic) bond motifs is 1. The highest BCUT2D eigenvalue weighted by atomic mass is 32.1. The van der Waals surface area contributed by atoms with E-state index in [0.717, 1.165) is 44.1 Å². The Hall–Kier alpha value is -4.96. The minimum absolute atomic E-state index is 0. The number of aryl methyl sites for hydroxylation is 1. The van der Waals surface area contributed by atoms with Gasteiger partial charge in [-0.05, 0) is 55.5 Å². The van der Waals surface area contributed by atoms with Gasteiger partial charge in [-0.1, -0.05) is 35.6 Å². The summed E-state index contributed by atoms with van der Waals surface area (Å²) in [7, 11) is 1.79. The predicted molar refractivity (Wildman–Crippen MR) is 156 cm³/mol. The van der Waals surface area contributed by atoms with Gasteiger partial charge in [0.25, 0.3) is 5.91 Å². The highest BCUT2D eigenvalue weighted by Gasteiger charge is 2.15. The van der Waals surface area contributed by atoms with Crippen molar-refractivity contribution < 1.29 is 7.65 Å². The molecule has 2 aromatic carbocycles. The maximum atomic E-state index is 12.9. The van der Waals surface area contributed by atoms with Gasteiger partial charge < -0.3 is 16.0 Å². The Balaban J connectivity index is 0.00000185. The average Bonchev–Trinajstić information content (AvgIpc) is 3.65. The lowest BCUT2D eigenvalue weighted by Crippen LogP contribution is -2.13.